The molecular weight excluding hydrogens is 480 g/mol. The maximum Gasteiger partial charge on any atom is 0.372 e. The highest BCUT2D eigenvalue weighted by Gasteiger charge is 2.26. The summed E-state index contributed by atoms with van der Waals surface area (Å²) in [5.74, 6) is -1.06. The largest absolute Gasteiger partial charge is 0.476 e. The van der Waals surface area contributed by atoms with Crippen LogP contribution in [0, 0.1) is 0 Å². The van der Waals surface area contributed by atoms with Crippen LogP contribution in [0.5, 0.6) is 0 Å². The van der Waals surface area contributed by atoms with Gasteiger partial charge in [0.05, 0.1) is 13.2 Å². The van der Waals surface area contributed by atoms with Gasteiger partial charge in [0.25, 0.3) is 0 Å². The van der Waals surface area contributed by atoms with Crippen LogP contribution in [0.4, 0.5) is 0 Å². The molecule has 0 amide bonds. The molecule has 2 rings (SSSR count). The van der Waals surface area contributed by atoms with E-state index >= 15 is 0 Å². The Morgan fingerprint density at radius 1 is 0.579 bits per heavy atom. The normalized spacial score (nSPS) is 11.4. The molecule has 2 aromatic carbocycles. The third-order valence-electron chi connectivity index (χ3n) is 6.16. The van der Waals surface area contributed by atoms with E-state index in [1.807, 2.05) is 88.4 Å². The molecular formula is C32H42O6. The van der Waals surface area contributed by atoms with Gasteiger partial charge in [-0.05, 0) is 64.8 Å². The van der Waals surface area contributed by atoms with Crippen molar-refractivity contribution in [1.82, 2.24) is 0 Å². The summed E-state index contributed by atoms with van der Waals surface area (Å²) in [4.78, 5) is 24.4. The summed E-state index contributed by atoms with van der Waals surface area (Å²) in [6.45, 7) is 15.7. The van der Waals surface area contributed by atoms with E-state index in [1.54, 1.807) is 0 Å². The van der Waals surface area contributed by atoms with Gasteiger partial charge in [-0.1, -0.05) is 86.3 Å². The van der Waals surface area contributed by atoms with E-state index in [2.05, 4.69) is 13.2 Å². The van der Waals surface area contributed by atoms with E-state index in [0.29, 0.717) is 13.2 Å². The molecule has 0 aromatic heterocycles. The van der Waals surface area contributed by atoms with E-state index in [4.69, 9.17) is 18.9 Å². The van der Waals surface area contributed by atoms with Crippen LogP contribution in [-0.2, 0) is 39.7 Å². The molecule has 0 aliphatic rings. The van der Waals surface area contributed by atoms with Crippen molar-refractivity contribution in [2.75, 3.05) is 13.2 Å². The average Bonchev–Trinajstić information content (AvgIpc) is 2.90. The summed E-state index contributed by atoms with van der Waals surface area (Å²) < 4.78 is 22.2. The third kappa shape index (κ3) is 10.4. The van der Waals surface area contributed by atoms with Gasteiger partial charge < -0.3 is 18.9 Å². The van der Waals surface area contributed by atoms with Crippen LogP contribution in [0.25, 0.3) is 0 Å². The highest BCUT2D eigenvalue weighted by atomic mass is 16.6. The van der Waals surface area contributed by atoms with Crippen LogP contribution in [0.15, 0.2) is 85.3 Å². The van der Waals surface area contributed by atoms with Crippen molar-refractivity contribution in [3.8, 4) is 0 Å². The molecule has 0 fully saturated rings. The minimum absolute atomic E-state index is 0.00473. The van der Waals surface area contributed by atoms with Crippen molar-refractivity contribution < 1.29 is 28.5 Å². The number of carbonyl (C=O) groups is 2. The SMILES string of the molecule is C=C(OC(C)(C)c1ccccc1)C(=O)OCCCCCCCCOC(=O)C(=C)OC(C)(C)c1ccccc1. The second-order valence-corrected chi connectivity index (χ2v) is 10.2. The van der Waals surface area contributed by atoms with Gasteiger partial charge in [-0.2, -0.15) is 0 Å². The molecule has 0 spiro atoms. The maximum absolute atomic E-state index is 12.2. The molecule has 0 N–H and O–H groups in total. The standard InChI is InChI=1S/C32H42O6/c1-25(37-31(3,4)27-19-13-11-14-20-27)29(33)35-23-17-9-7-8-10-18-24-36-30(34)26(2)38-32(5,6)28-21-15-12-16-22-28/h11-16,19-22H,1-2,7-10,17-18,23-24H2,3-6H3. The van der Waals surface area contributed by atoms with Crippen molar-refractivity contribution >= 4 is 11.9 Å². The number of esters is 2. The summed E-state index contributed by atoms with van der Waals surface area (Å²) in [5, 5.41) is 0. The first-order chi connectivity index (χ1) is 18.0. The molecule has 6 nitrogen and oxygen atoms in total. The summed E-state index contributed by atoms with van der Waals surface area (Å²) in [6, 6.07) is 19.3. The zero-order valence-corrected chi connectivity index (χ0v) is 23.3. The Bertz CT molecular complexity index is 955. The van der Waals surface area contributed by atoms with Crippen LogP contribution >= 0.6 is 0 Å². The van der Waals surface area contributed by atoms with Gasteiger partial charge in [-0.3, -0.25) is 0 Å². The first-order valence-electron chi connectivity index (χ1n) is 13.2. The lowest BCUT2D eigenvalue weighted by Gasteiger charge is -2.27. The van der Waals surface area contributed by atoms with Crippen LogP contribution < -0.4 is 0 Å². The van der Waals surface area contributed by atoms with Gasteiger partial charge in [0.1, 0.15) is 11.2 Å². The van der Waals surface area contributed by atoms with E-state index < -0.39 is 23.1 Å². The van der Waals surface area contributed by atoms with Crippen molar-refractivity contribution in [2.45, 2.75) is 77.4 Å². The molecule has 0 saturated carbocycles. The Hall–Kier alpha value is -3.54. The second kappa shape index (κ2) is 15.0. The molecule has 0 heterocycles. The molecule has 6 heteroatoms. The molecule has 0 saturated heterocycles. The van der Waals surface area contributed by atoms with Gasteiger partial charge in [-0.15, -0.1) is 0 Å². The minimum Gasteiger partial charge on any atom is -0.476 e. The number of hydrogen-bond donors (Lipinski definition) is 0. The fourth-order valence-electron chi connectivity index (χ4n) is 3.90. The van der Waals surface area contributed by atoms with E-state index in [-0.39, 0.29) is 11.5 Å². The van der Waals surface area contributed by atoms with Crippen LogP contribution in [0.1, 0.15) is 77.3 Å². The first kappa shape index (κ1) is 30.7. The van der Waals surface area contributed by atoms with E-state index in [9.17, 15) is 9.59 Å². The number of hydrogen-bond acceptors (Lipinski definition) is 6. The van der Waals surface area contributed by atoms with Crippen LogP contribution in [0.3, 0.4) is 0 Å². The number of carbonyl (C=O) groups excluding carboxylic acids is 2. The molecule has 0 radical (unpaired) electrons. The summed E-state index contributed by atoms with van der Waals surface area (Å²) in [6.07, 6.45) is 5.43. The summed E-state index contributed by atoms with van der Waals surface area (Å²) in [7, 11) is 0. The number of rotatable bonds is 17. The van der Waals surface area contributed by atoms with Gasteiger partial charge >= 0.3 is 11.9 Å². The fraction of sp³-hybridized carbons (Fsp3) is 0.438. The highest BCUT2D eigenvalue weighted by molar-refractivity contribution is 5.86. The Kier molecular flexibility index (Phi) is 12.1. The van der Waals surface area contributed by atoms with E-state index in [0.717, 1.165) is 49.7 Å². The van der Waals surface area contributed by atoms with Gasteiger partial charge in [-0.25, -0.2) is 9.59 Å². The van der Waals surface area contributed by atoms with Crippen molar-refractivity contribution in [3.05, 3.63) is 96.5 Å². The molecule has 2 aromatic rings. The Labute approximate surface area is 227 Å². The van der Waals surface area contributed by atoms with Gasteiger partial charge in [0, 0.05) is 0 Å². The van der Waals surface area contributed by atoms with Gasteiger partial charge in [0.2, 0.25) is 0 Å². The van der Waals surface area contributed by atoms with Crippen molar-refractivity contribution in [1.29, 1.82) is 0 Å². The molecule has 0 unspecified atom stereocenters. The molecule has 0 atom stereocenters. The predicted molar refractivity (Wildman–Crippen MR) is 149 cm³/mol. The smallest absolute Gasteiger partial charge is 0.372 e. The van der Waals surface area contributed by atoms with Crippen molar-refractivity contribution in [2.24, 2.45) is 0 Å². The maximum atomic E-state index is 12.2. The van der Waals surface area contributed by atoms with E-state index in [1.165, 1.54) is 0 Å². The summed E-state index contributed by atoms with van der Waals surface area (Å²) in [5.41, 5.74) is 0.554. The van der Waals surface area contributed by atoms with Crippen LogP contribution in [-0.4, -0.2) is 25.2 Å². The molecule has 38 heavy (non-hydrogen) atoms. The quantitative estimate of drug-likeness (QED) is 0.0936. The number of unbranched alkanes of at least 4 members (excludes halogenated alkanes) is 5. The highest BCUT2D eigenvalue weighted by Crippen LogP contribution is 2.28. The average molecular weight is 523 g/mol. The topological polar surface area (TPSA) is 71.1 Å². The first-order valence-corrected chi connectivity index (χ1v) is 13.2. The lowest BCUT2D eigenvalue weighted by molar-refractivity contribution is -0.147. The fourth-order valence-corrected chi connectivity index (χ4v) is 3.90. The number of benzene rings is 2. The third-order valence-corrected chi connectivity index (χ3v) is 6.16. The van der Waals surface area contributed by atoms with Gasteiger partial charge in [0.15, 0.2) is 11.5 Å². The monoisotopic (exact) mass is 522 g/mol. The molecule has 206 valence electrons. The minimum atomic E-state index is -0.676. The molecule has 0 bridgehead atoms. The second-order valence-electron chi connectivity index (χ2n) is 10.2. The van der Waals surface area contributed by atoms with Crippen molar-refractivity contribution in [3.63, 3.8) is 0 Å². The Balaban J connectivity index is 1.51. The predicted octanol–water partition coefficient (Wildman–Crippen LogP) is 7.34. The number of ether oxygens (including phenoxy) is 4. The zero-order valence-electron chi connectivity index (χ0n) is 23.3. The lowest BCUT2D eigenvalue weighted by Crippen LogP contribution is -2.24. The molecule has 0 aliphatic carbocycles. The Morgan fingerprint density at radius 2 is 0.895 bits per heavy atom. The van der Waals surface area contributed by atoms with Crippen LogP contribution in [0.2, 0.25) is 0 Å². The summed E-state index contributed by atoms with van der Waals surface area (Å²) >= 11 is 0. The molecule has 0 aliphatic heterocycles. The zero-order chi connectivity index (χ0) is 28.0. The Morgan fingerprint density at radius 3 is 1.24 bits per heavy atom. The lowest BCUT2D eigenvalue weighted by atomic mass is 9.98.